The summed E-state index contributed by atoms with van der Waals surface area (Å²) in [5.74, 6) is -0.807. The second-order valence-electron chi connectivity index (χ2n) is 7.43. The van der Waals surface area contributed by atoms with E-state index in [4.69, 9.17) is 21.1 Å². The van der Waals surface area contributed by atoms with E-state index in [1.165, 1.54) is 0 Å². The number of benzene rings is 2. The van der Waals surface area contributed by atoms with Crippen LogP contribution in [0.15, 0.2) is 64.5 Å². The van der Waals surface area contributed by atoms with Crippen LogP contribution in [0, 0.1) is 17.2 Å². The fourth-order valence-corrected chi connectivity index (χ4v) is 4.60. The Morgan fingerprint density at radius 3 is 2.83 bits per heavy atom. The Hall–Kier alpha value is -3.56. The summed E-state index contributed by atoms with van der Waals surface area (Å²) in [4.78, 5) is 11.4. The van der Waals surface area contributed by atoms with Gasteiger partial charge in [-0.2, -0.15) is 10.4 Å². The molecule has 1 aliphatic heterocycles. The van der Waals surface area contributed by atoms with Gasteiger partial charge in [0, 0.05) is 17.0 Å². The second-order valence-corrected chi connectivity index (χ2v) is 7.84. The van der Waals surface area contributed by atoms with Gasteiger partial charge in [-0.15, -0.1) is 0 Å². The molecule has 2 heterocycles. The molecule has 0 radical (unpaired) electrons. The lowest BCUT2D eigenvalue weighted by Gasteiger charge is -2.29. The van der Waals surface area contributed by atoms with Gasteiger partial charge >= 0.3 is 5.97 Å². The highest BCUT2D eigenvalue weighted by molar-refractivity contribution is 6.32. The summed E-state index contributed by atoms with van der Waals surface area (Å²) in [6.45, 7) is 0. The number of hydrogen-bond donors (Lipinski definition) is 1. The Bertz CT molecular complexity index is 1230. The van der Waals surface area contributed by atoms with E-state index in [2.05, 4.69) is 6.07 Å². The number of aromatic carboxylic acids is 1. The first-order valence-electron chi connectivity index (χ1n) is 9.53. The lowest BCUT2D eigenvalue weighted by Crippen LogP contribution is -2.28. The molecule has 0 amide bonds. The maximum Gasteiger partial charge on any atom is 0.335 e. The molecule has 2 atom stereocenters. The Kier molecular flexibility index (Phi) is 4.34. The fraction of sp³-hybridized carbons (Fsp3) is 0.174. The van der Waals surface area contributed by atoms with Gasteiger partial charge in [0.25, 0.3) is 0 Å². The number of fused-ring (bicyclic) bond motifs is 3. The van der Waals surface area contributed by atoms with E-state index in [9.17, 15) is 15.2 Å². The molecule has 6 nitrogen and oxygen atoms in total. The number of aryl methyl sites for hydroxylation is 1. The average Bonchev–Trinajstić information content (AvgIpc) is 3.40. The molecule has 5 rings (SSSR count). The van der Waals surface area contributed by atoms with Crippen LogP contribution in [0.3, 0.4) is 0 Å². The number of furan rings is 1. The largest absolute Gasteiger partial charge is 0.478 e. The van der Waals surface area contributed by atoms with Crippen LogP contribution in [0.1, 0.15) is 45.1 Å². The van der Waals surface area contributed by atoms with Crippen LogP contribution < -0.4 is 5.01 Å². The third-order valence-electron chi connectivity index (χ3n) is 5.79. The minimum Gasteiger partial charge on any atom is -0.478 e. The highest BCUT2D eigenvalue weighted by atomic mass is 35.5. The molecule has 1 aliphatic carbocycles. The summed E-state index contributed by atoms with van der Waals surface area (Å²) in [6, 6.07) is 14.4. The molecule has 1 aromatic heterocycles. The highest BCUT2D eigenvalue weighted by Gasteiger charge is 2.42. The number of anilines is 1. The molecular formula is C23H16ClN3O3. The number of rotatable bonds is 3. The number of carboxylic acids is 1. The predicted molar refractivity (Wildman–Crippen MR) is 112 cm³/mol. The van der Waals surface area contributed by atoms with E-state index < -0.39 is 5.97 Å². The van der Waals surface area contributed by atoms with E-state index in [0.29, 0.717) is 10.6 Å². The molecule has 2 aromatic carbocycles. The van der Waals surface area contributed by atoms with Crippen LogP contribution in [-0.4, -0.2) is 16.8 Å². The van der Waals surface area contributed by atoms with Crippen molar-refractivity contribution in [3.05, 3.63) is 87.8 Å². The standard InChI is InChI=1S/C23H16ClN3O3/c24-20-10-17(4-1-15(20)11-25)27-22(16-7-8-30-12-16)19-6-2-13-9-14(23(28)29)3-5-18(13)21(19)26-27/h1,3-5,7-10,12,19,22H,2,6H2,(H,28,29)/t19-,22-/m0/s1. The van der Waals surface area contributed by atoms with E-state index in [0.717, 1.165) is 40.9 Å². The fourth-order valence-electron chi connectivity index (χ4n) is 4.39. The van der Waals surface area contributed by atoms with E-state index >= 15 is 0 Å². The lowest BCUT2D eigenvalue weighted by molar-refractivity contribution is 0.0696. The molecule has 0 bridgehead atoms. The van der Waals surface area contributed by atoms with Crippen LogP contribution in [0.25, 0.3) is 0 Å². The van der Waals surface area contributed by atoms with E-state index in [-0.39, 0.29) is 17.5 Å². The Labute approximate surface area is 177 Å². The van der Waals surface area contributed by atoms with Crippen LogP contribution >= 0.6 is 11.6 Å². The minimum absolute atomic E-state index is 0.0740. The molecule has 1 N–H and O–H groups in total. The Balaban J connectivity index is 1.63. The number of carbonyl (C=O) groups is 1. The molecule has 0 fully saturated rings. The first-order valence-corrected chi connectivity index (χ1v) is 9.90. The van der Waals surface area contributed by atoms with Gasteiger partial charge in [-0.25, -0.2) is 4.79 Å². The Morgan fingerprint density at radius 1 is 1.27 bits per heavy atom. The lowest BCUT2D eigenvalue weighted by atomic mass is 9.77. The number of hydrogen-bond acceptors (Lipinski definition) is 5. The summed E-state index contributed by atoms with van der Waals surface area (Å²) in [5.41, 5.74) is 5.40. The number of carboxylic acid groups (broad SMARTS) is 1. The van der Waals surface area contributed by atoms with Crippen molar-refractivity contribution in [3.63, 3.8) is 0 Å². The van der Waals surface area contributed by atoms with Crippen molar-refractivity contribution < 1.29 is 14.3 Å². The minimum atomic E-state index is -0.932. The van der Waals surface area contributed by atoms with Gasteiger partial charge in [-0.1, -0.05) is 17.7 Å². The van der Waals surface area contributed by atoms with Crippen molar-refractivity contribution in [1.29, 1.82) is 5.26 Å². The van der Waals surface area contributed by atoms with Crippen molar-refractivity contribution in [3.8, 4) is 6.07 Å². The molecule has 0 saturated carbocycles. The zero-order chi connectivity index (χ0) is 20.8. The molecule has 2 aliphatic rings. The van der Waals surface area contributed by atoms with Gasteiger partial charge in [0.1, 0.15) is 6.07 Å². The quantitative estimate of drug-likeness (QED) is 0.645. The molecule has 148 valence electrons. The normalized spacial score (nSPS) is 19.6. The monoisotopic (exact) mass is 417 g/mol. The van der Waals surface area contributed by atoms with Crippen LogP contribution in [-0.2, 0) is 6.42 Å². The number of nitrogens with zero attached hydrogens (tertiary/aromatic N) is 3. The molecule has 7 heteroatoms. The van der Waals surface area contributed by atoms with Gasteiger partial charge in [-0.05, 0) is 54.8 Å². The Morgan fingerprint density at radius 2 is 2.13 bits per heavy atom. The molecule has 0 spiro atoms. The van der Waals surface area contributed by atoms with Crippen LogP contribution in [0.4, 0.5) is 5.69 Å². The molecule has 0 saturated heterocycles. The topological polar surface area (TPSA) is 89.8 Å². The summed E-state index contributed by atoms with van der Waals surface area (Å²) >= 11 is 6.29. The summed E-state index contributed by atoms with van der Waals surface area (Å²) < 4.78 is 5.35. The first-order chi connectivity index (χ1) is 14.6. The SMILES string of the molecule is N#Cc1ccc(N2N=C3c4ccc(C(=O)O)cc4CC[C@@H]3[C@@H]2c2ccoc2)cc1Cl. The van der Waals surface area contributed by atoms with Crippen molar-refractivity contribution >= 4 is 29.0 Å². The van der Waals surface area contributed by atoms with Gasteiger partial charge in [0.15, 0.2) is 0 Å². The predicted octanol–water partition coefficient (Wildman–Crippen LogP) is 5.03. The van der Waals surface area contributed by atoms with Gasteiger partial charge in [-0.3, -0.25) is 5.01 Å². The second kappa shape index (κ2) is 7.05. The molecule has 30 heavy (non-hydrogen) atoms. The van der Waals surface area contributed by atoms with Crippen molar-refractivity contribution in [2.24, 2.45) is 11.0 Å². The summed E-state index contributed by atoms with van der Waals surface area (Å²) in [5, 5.41) is 25.8. The highest BCUT2D eigenvalue weighted by Crippen LogP contribution is 2.46. The number of nitriles is 1. The third-order valence-corrected chi connectivity index (χ3v) is 6.10. The maximum atomic E-state index is 11.4. The first kappa shape index (κ1) is 18.5. The summed E-state index contributed by atoms with van der Waals surface area (Å²) in [7, 11) is 0. The third kappa shape index (κ3) is 2.87. The van der Waals surface area contributed by atoms with Gasteiger partial charge < -0.3 is 9.52 Å². The van der Waals surface area contributed by atoms with Crippen LogP contribution in [0.2, 0.25) is 5.02 Å². The van der Waals surface area contributed by atoms with Crippen molar-refractivity contribution in [2.75, 3.05) is 5.01 Å². The van der Waals surface area contributed by atoms with E-state index in [1.54, 1.807) is 36.8 Å². The van der Waals surface area contributed by atoms with Crippen molar-refractivity contribution in [2.45, 2.75) is 18.9 Å². The zero-order valence-electron chi connectivity index (χ0n) is 15.7. The van der Waals surface area contributed by atoms with Gasteiger partial charge in [0.2, 0.25) is 0 Å². The number of hydrazone groups is 1. The molecule has 3 aromatic rings. The zero-order valence-corrected chi connectivity index (χ0v) is 16.5. The summed E-state index contributed by atoms with van der Waals surface area (Å²) in [6.07, 6.45) is 4.99. The molecular weight excluding hydrogens is 402 g/mol. The molecule has 0 unspecified atom stereocenters. The average molecular weight is 418 g/mol. The van der Waals surface area contributed by atoms with Gasteiger partial charge in [0.05, 0.1) is 46.1 Å². The smallest absolute Gasteiger partial charge is 0.335 e. The van der Waals surface area contributed by atoms with E-state index in [1.807, 2.05) is 23.2 Å². The maximum absolute atomic E-state index is 11.4. The van der Waals surface area contributed by atoms with Crippen LogP contribution in [0.5, 0.6) is 0 Å². The van der Waals surface area contributed by atoms with Crippen molar-refractivity contribution in [1.82, 2.24) is 0 Å². The number of halogens is 1.